The van der Waals surface area contributed by atoms with Crippen LogP contribution in [0.25, 0.3) is 0 Å². The van der Waals surface area contributed by atoms with Gasteiger partial charge < -0.3 is 36.4 Å². The van der Waals surface area contributed by atoms with Crippen molar-refractivity contribution in [3.63, 3.8) is 0 Å². The molecule has 0 spiro atoms. The highest BCUT2D eigenvalue weighted by Gasteiger charge is 2.39. The zero-order valence-corrected chi connectivity index (χ0v) is 17.3. The summed E-state index contributed by atoms with van der Waals surface area (Å²) >= 11 is 0. The summed E-state index contributed by atoms with van der Waals surface area (Å²) in [6, 6.07) is 4.65. The molecule has 6 N–H and O–H groups in total. The first kappa shape index (κ1) is 24.1. The molecule has 13 heteroatoms. The highest BCUT2D eigenvalue weighted by Crippen LogP contribution is 2.17. The Labute approximate surface area is 182 Å². The number of piperazine rings is 1. The van der Waals surface area contributed by atoms with Crippen LogP contribution in [0.15, 0.2) is 29.3 Å². The molecule has 1 fully saturated rings. The Morgan fingerprint density at radius 2 is 1.72 bits per heavy atom. The summed E-state index contributed by atoms with van der Waals surface area (Å²) in [5.41, 5.74) is 11.3. The van der Waals surface area contributed by atoms with Gasteiger partial charge in [0.05, 0.1) is 18.7 Å². The summed E-state index contributed by atoms with van der Waals surface area (Å²) in [6.07, 6.45) is -0.676. The number of aliphatic imine (C=N–C) groups is 1. The second kappa shape index (κ2) is 10.2. The van der Waals surface area contributed by atoms with E-state index in [0.29, 0.717) is 5.69 Å². The molecule has 172 valence electrons. The maximum absolute atomic E-state index is 12.8. The predicted molar refractivity (Wildman–Crippen MR) is 111 cm³/mol. The van der Waals surface area contributed by atoms with Crippen LogP contribution in [0.5, 0.6) is 0 Å². The minimum atomic E-state index is -1.35. The molecule has 1 heterocycles. The van der Waals surface area contributed by atoms with Crippen molar-refractivity contribution in [1.82, 2.24) is 14.7 Å². The fourth-order valence-electron chi connectivity index (χ4n) is 3.23. The lowest BCUT2D eigenvalue weighted by molar-refractivity contribution is -0.158. The molecule has 0 aromatic heterocycles. The monoisotopic (exact) mass is 448 g/mol. The molecule has 1 aromatic rings. The van der Waals surface area contributed by atoms with Gasteiger partial charge in [-0.25, -0.2) is 4.99 Å². The van der Waals surface area contributed by atoms with Crippen LogP contribution in [-0.2, 0) is 19.2 Å². The fraction of sp³-hybridized carbons (Fsp3) is 0.368. The molecule has 1 unspecified atom stereocenters. The molecule has 0 bridgehead atoms. The average molecular weight is 448 g/mol. The number of carbonyl (C=O) groups excluding carboxylic acids is 3. The van der Waals surface area contributed by atoms with E-state index >= 15 is 0 Å². The maximum Gasteiger partial charge on any atom is 0.323 e. The SMILES string of the molecule is CN(CC(=O)N1CCN(CC(=O)O)C(=O)C1CC(=O)O)C(=O)c1ccc(N=C(N)N)cc1. The third-order valence-corrected chi connectivity index (χ3v) is 4.69. The number of amides is 3. The number of guanidine groups is 1. The van der Waals surface area contributed by atoms with E-state index in [-0.39, 0.29) is 24.6 Å². The standard InChI is InChI=1S/C19H24N6O7/c1-23(17(31)11-2-4-12(5-3-11)22-19(20)21)9-14(26)25-7-6-24(10-16(29)30)18(32)13(25)8-15(27)28/h2-5,13H,6-10H2,1H3,(H,27,28)(H,29,30)(H4,20,21,22). The lowest BCUT2D eigenvalue weighted by atomic mass is 10.1. The first-order valence-electron chi connectivity index (χ1n) is 9.46. The van der Waals surface area contributed by atoms with Crippen molar-refractivity contribution in [2.45, 2.75) is 12.5 Å². The van der Waals surface area contributed by atoms with Crippen LogP contribution in [0.1, 0.15) is 16.8 Å². The second-order valence-electron chi connectivity index (χ2n) is 7.10. The van der Waals surface area contributed by atoms with Gasteiger partial charge in [0.1, 0.15) is 12.6 Å². The number of nitrogens with two attached hydrogens (primary N) is 2. The molecule has 32 heavy (non-hydrogen) atoms. The van der Waals surface area contributed by atoms with E-state index in [1.807, 2.05) is 0 Å². The minimum absolute atomic E-state index is 0.0506. The van der Waals surface area contributed by atoms with Gasteiger partial charge in [0.25, 0.3) is 5.91 Å². The number of carboxylic acid groups (broad SMARTS) is 2. The van der Waals surface area contributed by atoms with Crippen molar-refractivity contribution in [3.8, 4) is 0 Å². The number of hydrogen-bond donors (Lipinski definition) is 4. The molecule has 1 saturated heterocycles. The van der Waals surface area contributed by atoms with Gasteiger partial charge in [0, 0.05) is 25.7 Å². The molecular formula is C19H24N6O7. The van der Waals surface area contributed by atoms with Crippen molar-refractivity contribution in [2.75, 3.05) is 33.2 Å². The van der Waals surface area contributed by atoms with Gasteiger partial charge in [-0.15, -0.1) is 0 Å². The normalized spacial score (nSPS) is 15.8. The molecule has 0 saturated carbocycles. The summed E-state index contributed by atoms with van der Waals surface area (Å²) < 4.78 is 0. The average Bonchev–Trinajstić information content (AvgIpc) is 2.70. The van der Waals surface area contributed by atoms with Crippen molar-refractivity contribution in [1.29, 1.82) is 0 Å². The summed E-state index contributed by atoms with van der Waals surface area (Å²) in [4.78, 5) is 67.2. The van der Waals surface area contributed by atoms with Crippen LogP contribution in [-0.4, -0.2) is 99.8 Å². The first-order valence-corrected chi connectivity index (χ1v) is 9.46. The number of carbonyl (C=O) groups is 5. The molecule has 2 rings (SSSR count). The summed E-state index contributed by atoms with van der Waals surface area (Å²) in [7, 11) is 1.39. The van der Waals surface area contributed by atoms with E-state index in [1.54, 1.807) is 0 Å². The number of likely N-dealkylation sites (N-methyl/N-ethyl adjacent to an activating group) is 1. The van der Waals surface area contributed by atoms with Gasteiger partial charge in [0.15, 0.2) is 5.96 Å². The Kier molecular flexibility index (Phi) is 7.71. The lowest BCUT2D eigenvalue weighted by Crippen LogP contribution is -2.61. The van der Waals surface area contributed by atoms with Crippen LogP contribution >= 0.6 is 0 Å². The van der Waals surface area contributed by atoms with Gasteiger partial charge >= 0.3 is 11.9 Å². The zero-order valence-electron chi connectivity index (χ0n) is 17.3. The Bertz CT molecular complexity index is 942. The third-order valence-electron chi connectivity index (χ3n) is 4.69. The Hall–Kier alpha value is -4.16. The zero-order chi connectivity index (χ0) is 24.0. The summed E-state index contributed by atoms with van der Waals surface area (Å²) in [5.74, 6) is -4.58. The lowest BCUT2D eigenvalue weighted by Gasteiger charge is -2.40. The number of hydrogen-bond acceptors (Lipinski definition) is 6. The van der Waals surface area contributed by atoms with E-state index in [2.05, 4.69) is 4.99 Å². The largest absolute Gasteiger partial charge is 0.481 e. The molecule has 1 aliphatic heterocycles. The Morgan fingerprint density at radius 3 is 2.25 bits per heavy atom. The predicted octanol–water partition coefficient (Wildman–Crippen LogP) is -1.74. The number of benzene rings is 1. The number of aliphatic carboxylic acids is 2. The van der Waals surface area contributed by atoms with Crippen molar-refractivity contribution >= 4 is 41.3 Å². The van der Waals surface area contributed by atoms with Crippen molar-refractivity contribution < 1.29 is 34.2 Å². The van der Waals surface area contributed by atoms with Gasteiger partial charge in [-0.3, -0.25) is 24.0 Å². The molecule has 1 aromatic carbocycles. The van der Waals surface area contributed by atoms with Crippen LogP contribution in [0, 0.1) is 0 Å². The quantitative estimate of drug-likeness (QED) is 0.263. The van der Waals surface area contributed by atoms with Gasteiger partial charge in [-0.1, -0.05) is 0 Å². The fourth-order valence-corrected chi connectivity index (χ4v) is 3.23. The van der Waals surface area contributed by atoms with Crippen molar-refractivity contribution in [2.24, 2.45) is 16.5 Å². The van der Waals surface area contributed by atoms with Gasteiger partial charge in [0.2, 0.25) is 11.8 Å². The van der Waals surface area contributed by atoms with E-state index in [4.69, 9.17) is 21.7 Å². The van der Waals surface area contributed by atoms with E-state index in [1.165, 1.54) is 31.3 Å². The number of nitrogens with zero attached hydrogens (tertiary/aromatic N) is 4. The maximum atomic E-state index is 12.8. The molecule has 0 radical (unpaired) electrons. The third kappa shape index (κ3) is 6.17. The second-order valence-corrected chi connectivity index (χ2v) is 7.10. The highest BCUT2D eigenvalue weighted by atomic mass is 16.4. The van der Waals surface area contributed by atoms with Gasteiger partial charge in [-0.2, -0.15) is 0 Å². The smallest absolute Gasteiger partial charge is 0.323 e. The topological polar surface area (TPSA) is 200 Å². The summed E-state index contributed by atoms with van der Waals surface area (Å²) in [5, 5.41) is 18.1. The highest BCUT2D eigenvalue weighted by molar-refractivity contribution is 5.98. The molecular weight excluding hydrogens is 424 g/mol. The number of rotatable bonds is 8. The molecule has 1 aliphatic rings. The Morgan fingerprint density at radius 1 is 1.09 bits per heavy atom. The van der Waals surface area contributed by atoms with E-state index in [9.17, 15) is 24.0 Å². The van der Waals surface area contributed by atoms with Crippen LogP contribution in [0.3, 0.4) is 0 Å². The van der Waals surface area contributed by atoms with E-state index < -0.39 is 55.2 Å². The number of carboxylic acids is 2. The molecule has 13 nitrogen and oxygen atoms in total. The summed E-state index contributed by atoms with van der Waals surface area (Å²) in [6.45, 7) is -1.11. The Balaban J connectivity index is 2.10. The van der Waals surface area contributed by atoms with Gasteiger partial charge in [-0.05, 0) is 24.3 Å². The molecule has 1 atom stereocenters. The first-order chi connectivity index (χ1) is 15.0. The van der Waals surface area contributed by atoms with E-state index in [0.717, 1.165) is 14.7 Å². The minimum Gasteiger partial charge on any atom is -0.481 e. The molecule has 3 amide bonds. The van der Waals surface area contributed by atoms with Crippen LogP contribution < -0.4 is 11.5 Å². The van der Waals surface area contributed by atoms with Crippen molar-refractivity contribution in [3.05, 3.63) is 29.8 Å². The van der Waals surface area contributed by atoms with Crippen LogP contribution in [0.4, 0.5) is 5.69 Å². The van der Waals surface area contributed by atoms with Crippen LogP contribution in [0.2, 0.25) is 0 Å². The molecule has 0 aliphatic carbocycles.